The van der Waals surface area contributed by atoms with Crippen molar-refractivity contribution in [2.24, 2.45) is 0 Å². The fraction of sp³-hybridized carbons (Fsp3) is 0.280. The highest BCUT2D eigenvalue weighted by Gasteiger charge is 2.39. The molecule has 0 bridgehead atoms. The smallest absolute Gasteiger partial charge is 0.329 e. The predicted octanol–water partition coefficient (Wildman–Crippen LogP) is 3.23. The van der Waals surface area contributed by atoms with E-state index in [0.29, 0.717) is 30.5 Å². The van der Waals surface area contributed by atoms with E-state index in [1.54, 1.807) is 18.2 Å². The number of benzene rings is 2. The van der Waals surface area contributed by atoms with Gasteiger partial charge >= 0.3 is 5.97 Å². The molecule has 36 heavy (non-hydrogen) atoms. The number of carbonyl (C=O) groups is 2. The number of nitrogens with one attached hydrogen (secondary N) is 1. The van der Waals surface area contributed by atoms with Crippen molar-refractivity contribution >= 4 is 33.7 Å². The zero-order chi connectivity index (χ0) is 26.3. The summed E-state index contributed by atoms with van der Waals surface area (Å²) in [6.45, 7) is 1.51. The summed E-state index contributed by atoms with van der Waals surface area (Å²) in [5.41, 5.74) is 0.849. The molecule has 1 fully saturated rings. The molecule has 1 N–H and O–H groups in total. The van der Waals surface area contributed by atoms with Crippen molar-refractivity contribution in [3.05, 3.63) is 53.6 Å². The number of amides is 1. The van der Waals surface area contributed by atoms with Crippen LogP contribution in [0.4, 0.5) is 5.69 Å². The monoisotopic (exact) mass is 508 g/mol. The van der Waals surface area contributed by atoms with Crippen LogP contribution < -0.4 is 14.8 Å². The minimum atomic E-state index is -4.02. The molecular weight excluding hydrogens is 484 g/mol. The van der Waals surface area contributed by atoms with Gasteiger partial charge in [-0.15, -0.1) is 0 Å². The average Bonchev–Trinajstić information content (AvgIpc) is 2.87. The lowest BCUT2D eigenvalue weighted by Crippen LogP contribution is -2.49. The lowest BCUT2D eigenvalue weighted by Gasteiger charge is -2.33. The lowest BCUT2D eigenvalue weighted by atomic mass is 10.1. The van der Waals surface area contributed by atoms with Crippen LogP contribution in [0, 0.1) is 22.7 Å². The number of hydrogen-bond acceptors (Lipinski definition) is 8. The van der Waals surface area contributed by atoms with E-state index >= 15 is 0 Å². The van der Waals surface area contributed by atoms with Gasteiger partial charge in [-0.25, -0.2) is 13.2 Å². The number of methoxy groups -OCH3 is 1. The maximum absolute atomic E-state index is 13.4. The molecular formula is C25H24N4O6S. The molecule has 1 saturated heterocycles. The highest BCUT2D eigenvalue weighted by atomic mass is 32.2. The Morgan fingerprint density at radius 2 is 1.78 bits per heavy atom. The van der Waals surface area contributed by atoms with Crippen molar-refractivity contribution in [2.45, 2.75) is 37.1 Å². The number of esters is 1. The standard InChI is InChI=1S/C25H24N4O6S/c1-17(30)28-20-7-9-21(10-8-20)36(32,33)29-12-4-3-5-22(29)25(31)35-23-11-6-18(14-24(23)34-2)13-19(15-26)16-27/h6-11,13-14,22H,3-5,12H2,1-2H3,(H,28,30). The second kappa shape index (κ2) is 11.5. The van der Waals surface area contributed by atoms with E-state index in [2.05, 4.69) is 5.32 Å². The molecule has 3 rings (SSSR count). The van der Waals surface area contributed by atoms with E-state index in [9.17, 15) is 18.0 Å². The molecule has 1 amide bonds. The van der Waals surface area contributed by atoms with E-state index in [1.807, 2.05) is 0 Å². The normalized spacial score (nSPS) is 15.6. The van der Waals surface area contributed by atoms with E-state index in [-0.39, 0.29) is 34.4 Å². The third-order valence-corrected chi connectivity index (χ3v) is 7.38. The van der Waals surface area contributed by atoms with Crippen LogP contribution in [0.15, 0.2) is 52.9 Å². The van der Waals surface area contributed by atoms with E-state index in [1.165, 1.54) is 56.5 Å². The van der Waals surface area contributed by atoms with E-state index in [0.717, 1.165) is 4.31 Å². The molecule has 11 heteroatoms. The number of rotatable bonds is 7. The second-order valence-electron chi connectivity index (χ2n) is 7.95. The predicted molar refractivity (Wildman–Crippen MR) is 130 cm³/mol. The first kappa shape index (κ1) is 26.4. The lowest BCUT2D eigenvalue weighted by molar-refractivity contribution is -0.139. The first-order valence-corrected chi connectivity index (χ1v) is 12.4. The van der Waals surface area contributed by atoms with Gasteiger partial charge in [-0.2, -0.15) is 14.8 Å². The Morgan fingerprint density at radius 3 is 2.39 bits per heavy atom. The van der Waals surface area contributed by atoms with Gasteiger partial charge in [0.1, 0.15) is 23.8 Å². The van der Waals surface area contributed by atoms with Crippen molar-refractivity contribution in [1.82, 2.24) is 4.31 Å². The molecule has 2 aromatic rings. The number of carbonyl (C=O) groups excluding carboxylic acids is 2. The number of ether oxygens (including phenoxy) is 2. The molecule has 1 unspecified atom stereocenters. The first-order chi connectivity index (χ1) is 17.2. The molecule has 1 heterocycles. The average molecular weight is 509 g/mol. The van der Waals surface area contributed by atoms with Crippen LogP contribution in [0.1, 0.15) is 31.7 Å². The second-order valence-corrected chi connectivity index (χ2v) is 9.84. The van der Waals surface area contributed by atoms with Gasteiger partial charge in [0, 0.05) is 19.2 Å². The van der Waals surface area contributed by atoms with Gasteiger partial charge in [-0.3, -0.25) is 4.79 Å². The summed E-state index contributed by atoms with van der Waals surface area (Å²) in [6.07, 6.45) is 2.90. The topological polar surface area (TPSA) is 150 Å². The fourth-order valence-corrected chi connectivity index (χ4v) is 5.41. The number of anilines is 1. The minimum Gasteiger partial charge on any atom is -0.493 e. The Hall–Kier alpha value is -4.19. The molecule has 1 aliphatic heterocycles. The largest absolute Gasteiger partial charge is 0.493 e. The third kappa shape index (κ3) is 6.08. The maximum atomic E-state index is 13.4. The first-order valence-electron chi connectivity index (χ1n) is 11.0. The summed E-state index contributed by atoms with van der Waals surface area (Å²) in [5.74, 6) is -0.757. The van der Waals surface area contributed by atoms with Crippen LogP contribution in [-0.4, -0.2) is 44.3 Å². The van der Waals surface area contributed by atoms with Gasteiger partial charge < -0.3 is 14.8 Å². The highest BCUT2D eigenvalue weighted by molar-refractivity contribution is 7.89. The molecule has 186 valence electrons. The molecule has 0 saturated carbocycles. The number of nitriles is 2. The highest BCUT2D eigenvalue weighted by Crippen LogP contribution is 2.32. The molecule has 1 aliphatic rings. The third-order valence-electron chi connectivity index (χ3n) is 5.46. The Labute approximate surface area is 209 Å². The molecule has 0 spiro atoms. The Morgan fingerprint density at radius 1 is 1.08 bits per heavy atom. The van der Waals surface area contributed by atoms with Gasteiger partial charge in [0.2, 0.25) is 15.9 Å². The summed E-state index contributed by atoms with van der Waals surface area (Å²) in [7, 11) is -2.64. The summed E-state index contributed by atoms with van der Waals surface area (Å²) < 4.78 is 38.7. The maximum Gasteiger partial charge on any atom is 0.329 e. The molecule has 1 atom stereocenters. The zero-order valence-electron chi connectivity index (χ0n) is 19.7. The van der Waals surface area contributed by atoms with Crippen LogP contribution in [0.5, 0.6) is 11.5 Å². The minimum absolute atomic E-state index is 0.00388. The van der Waals surface area contributed by atoms with Gasteiger partial charge in [0.25, 0.3) is 0 Å². The SMILES string of the molecule is COc1cc(C=C(C#N)C#N)ccc1OC(=O)C1CCCCN1S(=O)(=O)c1ccc(NC(C)=O)cc1. The number of piperidine rings is 1. The van der Waals surface area contributed by atoms with Crippen LogP contribution in [0.3, 0.4) is 0 Å². The molecule has 0 radical (unpaired) electrons. The summed E-state index contributed by atoms with van der Waals surface area (Å²) in [4.78, 5) is 24.3. The Bertz CT molecular complexity index is 1350. The van der Waals surface area contributed by atoms with Crippen molar-refractivity contribution in [3.63, 3.8) is 0 Å². The van der Waals surface area contributed by atoms with Crippen molar-refractivity contribution in [2.75, 3.05) is 19.0 Å². The summed E-state index contributed by atoms with van der Waals surface area (Å²) in [6, 6.07) is 12.7. The van der Waals surface area contributed by atoms with Crippen LogP contribution in [0.25, 0.3) is 6.08 Å². The molecule has 0 aliphatic carbocycles. The Kier molecular flexibility index (Phi) is 8.43. The molecule has 10 nitrogen and oxygen atoms in total. The molecule has 2 aromatic carbocycles. The number of hydrogen-bond donors (Lipinski definition) is 1. The van der Waals surface area contributed by atoms with Crippen LogP contribution >= 0.6 is 0 Å². The Balaban J connectivity index is 1.84. The van der Waals surface area contributed by atoms with Crippen LogP contribution in [0.2, 0.25) is 0 Å². The van der Waals surface area contributed by atoms with E-state index < -0.39 is 22.0 Å². The summed E-state index contributed by atoms with van der Waals surface area (Å²) in [5, 5.41) is 20.5. The number of nitrogens with zero attached hydrogens (tertiary/aromatic N) is 3. The van der Waals surface area contributed by atoms with Crippen molar-refractivity contribution in [1.29, 1.82) is 10.5 Å². The zero-order valence-corrected chi connectivity index (χ0v) is 20.5. The van der Waals surface area contributed by atoms with E-state index in [4.69, 9.17) is 20.0 Å². The van der Waals surface area contributed by atoms with Gasteiger partial charge in [0.05, 0.1) is 12.0 Å². The number of sulfonamides is 1. The van der Waals surface area contributed by atoms with Gasteiger partial charge in [-0.05, 0) is 67.3 Å². The van der Waals surface area contributed by atoms with Crippen LogP contribution in [-0.2, 0) is 19.6 Å². The molecule has 0 aromatic heterocycles. The quantitative estimate of drug-likeness (QED) is 0.340. The van der Waals surface area contributed by atoms with Gasteiger partial charge in [0.15, 0.2) is 11.5 Å². The number of allylic oxidation sites excluding steroid dienone is 1. The van der Waals surface area contributed by atoms with Crippen molar-refractivity contribution < 1.29 is 27.5 Å². The van der Waals surface area contributed by atoms with Gasteiger partial charge in [-0.1, -0.05) is 6.07 Å². The fourth-order valence-electron chi connectivity index (χ4n) is 3.77. The summed E-state index contributed by atoms with van der Waals surface area (Å²) >= 11 is 0. The van der Waals surface area contributed by atoms with Crippen molar-refractivity contribution in [3.8, 4) is 23.6 Å².